The summed E-state index contributed by atoms with van der Waals surface area (Å²) in [5.41, 5.74) is 1.12. The minimum absolute atomic E-state index is 0.146. The van der Waals surface area contributed by atoms with Gasteiger partial charge in [0.15, 0.2) is 0 Å². The summed E-state index contributed by atoms with van der Waals surface area (Å²) in [5, 5.41) is 12.6. The van der Waals surface area contributed by atoms with E-state index >= 15 is 0 Å². The second-order valence-corrected chi connectivity index (χ2v) is 3.19. The van der Waals surface area contributed by atoms with Crippen LogP contribution in [0, 0.1) is 0 Å². The minimum atomic E-state index is -0.338. The Labute approximate surface area is 78.8 Å². The molecule has 0 radical (unpaired) electrons. The fraction of sp³-hybridized carbons (Fsp3) is 0.500. The Kier molecular flexibility index (Phi) is 3.86. The van der Waals surface area contributed by atoms with Crippen LogP contribution in [0.15, 0.2) is 24.5 Å². The highest BCUT2D eigenvalue weighted by atomic mass is 16.3. The number of hydrogen-bond donors (Lipinski definition) is 2. The molecule has 0 fully saturated rings. The van der Waals surface area contributed by atoms with Gasteiger partial charge in [-0.3, -0.25) is 4.98 Å². The van der Waals surface area contributed by atoms with Crippen LogP contribution in [-0.4, -0.2) is 29.8 Å². The van der Waals surface area contributed by atoms with E-state index in [2.05, 4.69) is 10.3 Å². The SMILES string of the molecule is CNCC(c1ccncc1)C(C)O. The first-order chi connectivity index (χ1) is 6.25. The van der Waals surface area contributed by atoms with Crippen LogP contribution in [-0.2, 0) is 0 Å². The largest absolute Gasteiger partial charge is 0.393 e. The molecule has 0 spiro atoms. The molecule has 1 aromatic rings. The van der Waals surface area contributed by atoms with Crippen molar-refractivity contribution >= 4 is 0 Å². The summed E-state index contributed by atoms with van der Waals surface area (Å²) in [4.78, 5) is 3.95. The summed E-state index contributed by atoms with van der Waals surface area (Å²) in [5.74, 6) is 0.146. The highest BCUT2D eigenvalue weighted by Crippen LogP contribution is 2.17. The van der Waals surface area contributed by atoms with Gasteiger partial charge in [0.05, 0.1) is 6.10 Å². The van der Waals surface area contributed by atoms with Gasteiger partial charge in [0, 0.05) is 24.9 Å². The van der Waals surface area contributed by atoms with Gasteiger partial charge < -0.3 is 10.4 Å². The minimum Gasteiger partial charge on any atom is -0.393 e. The number of hydrogen-bond acceptors (Lipinski definition) is 3. The molecule has 13 heavy (non-hydrogen) atoms. The van der Waals surface area contributed by atoms with Crippen LogP contribution < -0.4 is 5.32 Å². The van der Waals surface area contributed by atoms with E-state index in [1.165, 1.54) is 0 Å². The summed E-state index contributed by atoms with van der Waals surface area (Å²) in [6.07, 6.45) is 3.16. The molecule has 1 heterocycles. The molecule has 0 aliphatic carbocycles. The molecule has 0 aliphatic rings. The number of rotatable bonds is 4. The molecule has 3 nitrogen and oxygen atoms in total. The van der Waals surface area contributed by atoms with Crippen molar-refractivity contribution in [3.8, 4) is 0 Å². The molecule has 2 unspecified atom stereocenters. The molecule has 0 aliphatic heterocycles. The van der Waals surface area contributed by atoms with Crippen molar-refractivity contribution in [3.05, 3.63) is 30.1 Å². The van der Waals surface area contributed by atoms with E-state index in [-0.39, 0.29) is 12.0 Å². The number of nitrogens with one attached hydrogen (secondary N) is 1. The Hall–Kier alpha value is -0.930. The first-order valence-electron chi connectivity index (χ1n) is 4.48. The maximum Gasteiger partial charge on any atom is 0.0592 e. The molecule has 3 heteroatoms. The third-order valence-corrected chi connectivity index (χ3v) is 2.14. The molecule has 0 aromatic carbocycles. The summed E-state index contributed by atoms with van der Waals surface area (Å²) in [6.45, 7) is 2.59. The van der Waals surface area contributed by atoms with E-state index in [0.717, 1.165) is 12.1 Å². The van der Waals surface area contributed by atoms with E-state index in [1.54, 1.807) is 12.4 Å². The molecule has 0 saturated heterocycles. The van der Waals surface area contributed by atoms with E-state index < -0.39 is 0 Å². The van der Waals surface area contributed by atoms with Gasteiger partial charge in [-0.1, -0.05) is 0 Å². The fourth-order valence-electron chi connectivity index (χ4n) is 1.40. The lowest BCUT2D eigenvalue weighted by molar-refractivity contribution is 0.161. The van der Waals surface area contributed by atoms with E-state index in [1.807, 2.05) is 26.1 Å². The lowest BCUT2D eigenvalue weighted by Gasteiger charge is -2.19. The van der Waals surface area contributed by atoms with Crippen LogP contribution in [0.5, 0.6) is 0 Å². The number of aliphatic hydroxyl groups is 1. The van der Waals surface area contributed by atoms with Crippen molar-refractivity contribution < 1.29 is 5.11 Å². The predicted molar refractivity (Wildman–Crippen MR) is 52.6 cm³/mol. The predicted octanol–water partition coefficient (Wildman–Crippen LogP) is 0.765. The molecular weight excluding hydrogens is 164 g/mol. The number of pyridine rings is 1. The monoisotopic (exact) mass is 180 g/mol. The van der Waals surface area contributed by atoms with Crippen LogP contribution in [0.4, 0.5) is 0 Å². The number of likely N-dealkylation sites (N-methyl/N-ethyl adjacent to an activating group) is 1. The van der Waals surface area contributed by atoms with Gasteiger partial charge in [-0.15, -0.1) is 0 Å². The van der Waals surface area contributed by atoms with Crippen molar-refractivity contribution in [1.29, 1.82) is 0 Å². The van der Waals surface area contributed by atoms with E-state index in [9.17, 15) is 5.11 Å². The van der Waals surface area contributed by atoms with Gasteiger partial charge in [0.25, 0.3) is 0 Å². The summed E-state index contributed by atoms with van der Waals surface area (Å²) in [6, 6.07) is 3.88. The Morgan fingerprint density at radius 1 is 1.46 bits per heavy atom. The Morgan fingerprint density at radius 3 is 2.54 bits per heavy atom. The average Bonchev–Trinajstić information content (AvgIpc) is 2.15. The normalized spacial score (nSPS) is 15.3. The lowest BCUT2D eigenvalue weighted by atomic mass is 9.95. The van der Waals surface area contributed by atoms with Gasteiger partial charge in [0.2, 0.25) is 0 Å². The zero-order chi connectivity index (χ0) is 9.68. The fourth-order valence-corrected chi connectivity index (χ4v) is 1.40. The second kappa shape index (κ2) is 4.94. The average molecular weight is 180 g/mol. The number of nitrogens with zero attached hydrogens (tertiary/aromatic N) is 1. The molecule has 0 amide bonds. The number of aliphatic hydroxyl groups excluding tert-OH is 1. The molecule has 1 rings (SSSR count). The van der Waals surface area contributed by atoms with Gasteiger partial charge in [-0.05, 0) is 31.7 Å². The standard InChI is InChI=1S/C10H16N2O/c1-8(13)10(7-11-2)9-3-5-12-6-4-9/h3-6,8,10-11,13H,7H2,1-2H3. The summed E-state index contributed by atoms with van der Waals surface area (Å²) >= 11 is 0. The first kappa shape index (κ1) is 10.2. The van der Waals surface area contributed by atoms with Crippen molar-refractivity contribution in [2.24, 2.45) is 0 Å². The van der Waals surface area contributed by atoms with E-state index in [4.69, 9.17) is 0 Å². The molecule has 2 N–H and O–H groups in total. The molecule has 72 valence electrons. The topological polar surface area (TPSA) is 45.2 Å². The molecular formula is C10H16N2O. The third-order valence-electron chi connectivity index (χ3n) is 2.14. The maximum absolute atomic E-state index is 9.54. The first-order valence-corrected chi connectivity index (χ1v) is 4.48. The summed E-state index contributed by atoms with van der Waals surface area (Å²) < 4.78 is 0. The summed E-state index contributed by atoms with van der Waals surface area (Å²) in [7, 11) is 1.89. The van der Waals surface area contributed by atoms with Crippen LogP contribution in [0.2, 0.25) is 0 Å². The smallest absolute Gasteiger partial charge is 0.0592 e. The van der Waals surface area contributed by atoms with Crippen LogP contribution in [0.3, 0.4) is 0 Å². The van der Waals surface area contributed by atoms with Crippen molar-refractivity contribution in [2.45, 2.75) is 18.9 Å². The quantitative estimate of drug-likeness (QED) is 0.719. The Morgan fingerprint density at radius 2 is 2.08 bits per heavy atom. The molecule has 1 aromatic heterocycles. The van der Waals surface area contributed by atoms with Gasteiger partial charge >= 0.3 is 0 Å². The molecule has 0 bridgehead atoms. The van der Waals surface area contributed by atoms with Crippen molar-refractivity contribution in [1.82, 2.24) is 10.3 Å². The van der Waals surface area contributed by atoms with Crippen LogP contribution in [0.1, 0.15) is 18.4 Å². The zero-order valence-corrected chi connectivity index (χ0v) is 8.07. The third kappa shape index (κ3) is 2.79. The zero-order valence-electron chi connectivity index (χ0n) is 8.07. The van der Waals surface area contributed by atoms with Gasteiger partial charge in [-0.25, -0.2) is 0 Å². The van der Waals surface area contributed by atoms with Crippen LogP contribution in [0.25, 0.3) is 0 Å². The molecule has 0 saturated carbocycles. The van der Waals surface area contributed by atoms with Gasteiger partial charge in [0.1, 0.15) is 0 Å². The second-order valence-electron chi connectivity index (χ2n) is 3.19. The Bertz CT molecular complexity index is 236. The maximum atomic E-state index is 9.54. The van der Waals surface area contributed by atoms with E-state index in [0.29, 0.717) is 0 Å². The molecule has 2 atom stereocenters. The van der Waals surface area contributed by atoms with Crippen molar-refractivity contribution in [3.63, 3.8) is 0 Å². The lowest BCUT2D eigenvalue weighted by Crippen LogP contribution is -2.25. The van der Waals surface area contributed by atoms with Crippen molar-refractivity contribution in [2.75, 3.05) is 13.6 Å². The van der Waals surface area contributed by atoms with Gasteiger partial charge in [-0.2, -0.15) is 0 Å². The Balaban J connectivity index is 2.76. The van der Waals surface area contributed by atoms with Crippen LogP contribution >= 0.6 is 0 Å². The number of aromatic nitrogens is 1. The highest BCUT2D eigenvalue weighted by molar-refractivity contribution is 5.17. The highest BCUT2D eigenvalue weighted by Gasteiger charge is 2.15.